The van der Waals surface area contributed by atoms with Gasteiger partial charge in [0, 0.05) is 17.9 Å². The molecule has 282 valence electrons. The van der Waals surface area contributed by atoms with Gasteiger partial charge < -0.3 is 27.5 Å². The Balaban J connectivity index is 3.59. The first kappa shape index (κ1) is 45.4. The van der Waals surface area contributed by atoms with Gasteiger partial charge in [0.05, 0.1) is 24.4 Å². The lowest BCUT2D eigenvalue weighted by Crippen LogP contribution is -2.69. The van der Waals surface area contributed by atoms with Crippen LogP contribution in [-0.4, -0.2) is 73.3 Å². The molecule has 0 N–H and O–H groups in total. The second-order valence-corrected chi connectivity index (χ2v) is 30.4. The summed E-state index contributed by atoms with van der Waals surface area (Å²) >= 11 is 0. The number of unbranched alkanes of at least 4 members (excludes halogenated alkanes) is 1. The molecule has 0 bridgehead atoms. The van der Waals surface area contributed by atoms with Crippen LogP contribution in [0.25, 0.3) is 0 Å². The van der Waals surface area contributed by atoms with E-state index < -0.39 is 60.9 Å². The van der Waals surface area contributed by atoms with Crippen LogP contribution >= 0.6 is 0 Å². The maximum Gasteiger partial charge on any atom is 0.330 e. The second-order valence-electron chi connectivity index (χ2n) is 16.2. The molecule has 1 heterocycles. The minimum Gasteiger partial charge on any atom is -0.456 e. The number of esters is 1. The minimum absolute atomic E-state index is 0.0717. The predicted molar refractivity (Wildman–Crippen MR) is 208 cm³/mol. The monoisotopic (exact) mass is 728 g/mol. The molecule has 0 aliphatic carbocycles. The molecule has 0 aromatic rings. The molecule has 0 saturated carbocycles. The van der Waals surface area contributed by atoms with Crippen molar-refractivity contribution < 1.29 is 32.3 Å². The average molecular weight is 729 g/mol. The maximum absolute atomic E-state index is 13.6. The van der Waals surface area contributed by atoms with Gasteiger partial charge in [-0.25, -0.2) is 4.79 Å². The Bertz CT molecular complexity index is 988. The zero-order valence-corrected chi connectivity index (χ0v) is 37.0. The van der Waals surface area contributed by atoms with E-state index >= 15 is 0 Å². The highest BCUT2D eigenvalue weighted by Gasteiger charge is 2.59. The van der Waals surface area contributed by atoms with Crippen LogP contribution in [0.3, 0.4) is 0 Å². The normalized spacial score (nSPS) is 26.3. The van der Waals surface area contributed by atoms with E-state index in [1.54, 1.807) is 6.08 Å². The van der Waals surface area contributed by atoms with E-state index in [4.69, 9.17) is 22.8 Å². The number of hydrogen-bond acceptors (Lipinski definition) is 7. The molecule has 0 amide bonds. The molecule has 0 spiro atoms. The van der Waals surface area contributed by atoms with E-state index in [0.29, 0.717) is 0 Å². The summed E-state index contributed by atoms with van der Waals surface area (Å²) < 4.78 is 34.5. The van der Waals surface area contributed by atoms with Crippen molar-refractivity contribution in [1.29, 1.82) is 0 Å². The van der Waals surface area contributed by atoms with Crippen LogP contribution < -0.4 is 0 Å². The van der Waals surface area contributed by atoms with Gasteiger partial charge in [0.1, 0.15) is 18.0 Å². The molecular formula is C38H76O7Si3. The van der Waals surface area contributed by atoms with Crippen molar-refractivity contribution in [1.82, 2.24) is 0 Å². The van der Waals surface area contributed by atoms with Crippen LogP contribution in [0.4, 0.5) is 0 Å². The van der Waals surface area contributed by atoms with Crippen molar-refractivity contribution in [3.8, 4) is 0 Å². The van der Waals surface area contributed by atoms with Gasteiger partial charge in [-0.15, -0.1) is 0 Å². The Kier molecular flexibility index (Phi) is 18.2. The lowest BCUT2D eigenvalue weighted by atomic mass is 9.75. The fourth-order valence-electron chi connectivity index (χ4n) is 7.18. The summed E-state index contributed by atoms with van der Waals surface area (Å²) in [5.74, 6) is -0.961. The molecule has 1 fully saturated rings. The Morgan fingerprint density at radius 2 is 1.42 bits per heavy atom. The van der Waals surface area contributed by atoms with E-state index in [9.17, 15) is 9.59 Å². The first-order valence-corrected chi connectivity index (χ1v) is 27.3. The number of carbonyl (C=O) groups is 2. The summed E-state index contributed by atoms with van der Waals surface area (Å²) in [6.45, 7) is 34.8. The Morgan fingerprint density at radius 1 is 0.896 bits per heavy atom. The summed E-state index contributed by atoms with van der Waals surface area (Å²) in [5, 5.41) is 0.0717. The van der Waals surface area contributed by atoms with Crippen LogP contribution in [0.1, 0.15) is 116 Å². The fraction of sp³-hybridized carbons (Fsp3) is 0.895. The second kappa shape index (κ2) is 19.3. The smallest absolute Gasteiger partial charge is 0.330 e. The lowest BCUT2D eigenvalue weighted by molar-refractivity contribution is -0.268. The average Bonchev–Trinajstić information content (AvgIpc) is 3.04. The van der Waals surface area contributed by atoms with Crippen molar-refractivity contribution in [2.75, 3.05) is 0 Å². The van der Waals surface area contributed by atoms with E-state index in [1.165, 1.54) is 0 Å². The quantitative estimate of drug-likeness (QED) is 0.0504. The van der Waals surface area contributed by atoms with Crippen LogP contribution in [0.2, 0.25) is 54.4 Å². The molecule has 48 heavy (non-hydrogen) atoms. The highest BCUT2D eigenvalue weighted by atomic mass is 28.4. The van der Waals surface area contributed by atoms with Crippen molar-refractivity contribution in [2.45, 2.75) is 207 Å². The number of rotatable bonds is 21. The minimum atomic E-state index is -2.16. The molecule has 0 radical (unpaired) electrons. The third-order valence-electron chi connectivity index (χ3n) is 12.1. The van der Waals surface area contributed by atoms with E-state index in [1.807, 2.05) is 19.9 Å². The first-order chi connectivity index (χ1) is 22.2. The standard InChI is InChI=1S/C38H76O7Si3/c1-17-24-25-32(43-46(15,16)37(11,12)13)26-27-33(40)41-34-30(9)36(45-48(21-5,22-6)23-7)38(14,42-31(34)10)35(29(8)28-39)44-47(18-2,19-3)20-4/h26-32,34-36H,17-25H2,1-16H3/b27-26+/t29-,30+,31-,32-,34+,35-,36-,38+/m0/s1. The summed E-state index contributed by atoms with van der Waals surface area (Å²) in [5.41, 5.74) is -0.907. The molecule has 1 rings (SSSR count). The zero-order chi connectivity index (χ0) is 37.1. The maximum atomic E-state index is 13.6. The molecule has 0 unspecified atom stereocenters. The summed E-state index contributed by atoms with van der Waals surface area (Å²) in [6.07, 6.45) is 5.46. The molecule has 0 aromatic heterocycles. The highest BCUT2D eigenvalue weighted by molar-refractivity contribution is 6.74. The predicted octanol–water partition coefficient (Wildman–Crippen LogP) is 10.5. The van der Waals surface area contributed by atoms with Crippen LogP contribution in [0, 0.1) is 11.8 Å². The molecule has 10 heteroatoms. The topological polar surface area (TPSA) is 80.3 Å². The zero-order valence-electron chi connectivity index (χ0n) is 34.0. The Hall–Kier alpha value is -0.629. The summed E-state index contributed by atoms with van der Waals surface area (Å²) in [7, 11) is -6.33. The molecule has 1 saturated heterocycles. The first-order valence-electron chi connectivity index (χ1n) is 19.3. The molecule has 1 aliphatic rings. The number of aldehydes is 1. The third-order valence-corrected chi connectivity index (χ3v) is 25.9. The van der Waals surface area contributed by atoms with E-state index in [-0.39, 0.29) is 23.0 Å². The fourth-order valence-corrected chi connectivity index (χ4v) is 14.5. The van der Waals surface area contributed by atoms with Crippen molar-refractivity contribution in [2.24, 2.45) is 11.8 Å². The third kappa shape index (κ3) is 11.2. The summed E-state index contributed by atoms with van der Waals surface area (Å²) in [6, 6.07) is 5.83. The molecule has 7 nitrogen and oxygen atoms in total. The van der Waals surface area contributed by atoms with Crippen molar-refractivity contribution in [3.05, 3.63) is 12.2 Å². The molecule has 0 aromatic carbocycles. The lowest BCUT2D eigenvalue weighted by Gasteiger charge is -2.56. The van der Waals surface area contributed by atoms with Gasteiger partial charge in [-0.3, -0.25) is 0 Å². The number of hydrogen-bond donors (Lipinski definition) is 0. The van der Waals surface area contributed by atoms with E-state index in [2.05, 4.69) is 96.2 Å². The van der Waals surface area contributed by atoms with Gasteiger partial charge in [-0.05, 0) is 80.7 Å². The van der Waals surface area contributed by atoms with Gasteiger partial charge in [-0.2, -0.15) is 0 Å². The van der Waals surface area contributed by atoms with Crippen molar-refractivity contribution >= 4 is 37.2 Å². The van der Waals surface area contributed by atoms with Gasteiger partial charge in [-0.1, -0.05) is 95.9 Å². The summed E-state index contributed by atoms with van der Waals surface area (Å²) in [4.78, 5) is 26.1. The van der Waals surface area contributed by atoms with Gasteiger partial charge >= 0.3 is 5.97 Å². The Morgan fingerprint density at radius 3 is 1.85 bits per heavy atom. The van der Waals surface area contributed by atoms with Gasteiger partial charge in [0.15, 0.2) is 25.0 Å². The number of ether oxygens (including phenoxy) is 2. The van der Waals surface area contributed by atoms with Gasteiger partial charge in [0.2, 0.25) is 0 Å². The number of carbonyl (C=O) groups excluding carboxylic acids is 2. The Labute approximate surface area is 299 Å². The molecule has 1 aliphatic heterocycles. The van der Waals surface area contributed by atoms with Crippen LogP contribution in [-0.2, 0) is 32.3 Å². The van der Waals surface area contributed by atoms with Crippen LogP contribution in [0.15, 0.2) is 12.2 Å². The van der Waals surface area contributed by atoms with Crippen molar-refractivity contribution in [3.63, 3.8) is 0 Å². The molecular weight excluding hydrogens is 653 g/mol. The van der Waals surface area contributed by atoms with Gasteiger partial charge in [0.25, 0.3) is 0 Å². The highest BCUT2D eigenvalue weighted by Crippen LogP contribution is 2.46. The van der Waals surface area contributed by atoms with Crippen LogP contribution in [0.5, 0.6) is 0 Å². The largest absolute Gasteiger partial charge is 0.456 e. The molecule has 8 atom stereocenters. The SMILES string of the molecule is CCCC[C@@H](/C=C/C(=O)O[C@@H]1[C@@H](C)[C@H](O[Si](CC)(CC)CC)[C@@](C)([C@@H](O[Si](CC)(CC)CC)[C@@H](C)C=O)O[C@H]1C)O[Si](C)(C)C(C)(C)C. The van der Waals surface area contributed by atoms with E-state index in [0.717, 1.165) is 61.8 Å².